The first-order chi connectivity index (χ1) is 12.5. The number of methoxy groups -OCH3 is 2. The number of nitrogens with zero attached hydrogens (tertiary/aromatic N) is 2. The van der Waals surface area contributed by atoms with E-state index in [0.29, 0.717) is 11.3 Å². The van der Waals surface area contributed by atoms with Gasteiger partial charge in [-0.3, -0.25) is 14.9 Å². The van der Waals surface area contributed by atoms with Crippen molar-refractivity contribution in [2.45, 2.75) is 13.8 Å². The molecule has 134 valence electrons. The summed E-state index contributed by atoms with van der Waals surface area (Å²) in [5, 5.41) is 3.11. The van der Waals surface area contributed by atoms with E-state index in [1.807, 2.05) is 62.4 Å². The highest BCUT2D eigenvalue weighted by Gasteiger charge is 2.15. The number of nitrogens with one attached hydrogen (secondary N) is 1. The van der Waals surface area contributed by atoms with E-state index in [2.05, 4.69) is 10.1 Å². The van der Waals surface area contributed by atoms with Gasteiger partial charge in [0.2, 0.25) is 0 Å². The van der Waals surface area contributed by atoms with Gasteiger partial charge in [0.15, 0.2) is 0 Å². The van der Waals surface area contributed by atoms with Crippen LogP contribution in [0.3, 0.4) is 0 Å². The summed E-state index contributed by atoms with van der Waals surface area (Å²) < 4.78 is 11.8. The molecular formula is C20H21N3O3. The van der Waals surface area contributed by atoms with E-state index in [1.54, 1.807) is 14.2 Å². The molecule has 0 fully saturated rings. The molecule has 1 N–H and O–H groups in total. The van der Waals surface area contributed by atoms with Crippen molar-refractivity contribution in [1.29, 1.82) is 0 Å². The van der Waals surface area contributed by atoms with Gasteiger partial charge in [-0.15, -0.1) is 0 Å². The number of aromatic amines is 1. The normalized spacial score (nSPS) is 11.5. The first-order valence-corrected chi connectivity index (χ1v) is 8.19. The summed E-state index contributed by atoms with van der Waals surface area (Å²) in [4.78, 5) is 17.4. The molecule has 26 heavy (non-hydrogen) atoms. The van der Waals surface area contributed by atoms with Crippen molar-refractivity contribution in [3.63, 3.8) is 0 Å². The van der Waals surface area contributed by atoms with E-state index in [1.165, 1.54) is 4.68 Å². The molecule has 0 spiro atoms. The highest BCUT2D eigenvalue weighted by Crippen LogP contribution is 2.19. The number of aryl methyl sites for hydroxylation is 1. The molecule has 2 aromatic carbocycles. The second-order valence-electron chi connectivity index (χ2n) is 5.85. The molecule has 0 aliphatic carbocycles. The van der Waals surface area contributed by atoms with E-state index < -0.39 is 0 Å². The third kappa shape index (κ3) is 3.39. The maximum atomic E-state index is 12.9. The molecule has 0 saturated carbocycles. The molecule has 0 aliphatic heterocycles. The third-order valence-corrected chi connectivity index (χ3v) is 4.13. The van der Waals surface area contributed by atoms with Gasteiger partial charge in [-0.05, 0) is 62.4 Å². The smallest absolute Gasteiger partial charge is 0.280 e. The Morgan fingerprint density at radius 3 is 2.04 bits per heavy atom. The summed E-state index contributed by atoms with van der Waals surface area (Å²) in [6.07, 6.45) is 0. The number of hydrogen-bond acceptors (Lipinski definition) is 4. The predicted molar refractivity (Wildman–Crippen MR) is 103 cm³/mol. The van der Waals surface area contributed by atoms with Crippen LogP contribution < -0.4 is 15.0 Å². The quantitative estimate of drug-likeness (QED) is 0.714. The predicted octanol–water partition coefficient (Wildman–Crippen LogP) is 3.63. The molecule has 0 aliphatic rings. The minimum Gasteiger partial charge on any atom is -0.497 e. The van der Waals surface area contributed by atoms with Crippen molar-refractivity contribution in [3.8, 4) is 17.2 Å². The topological polar surface area (TPSA) is 68.6 Å². The van der Waals surface area contributed by atoms with Crippen LogP contribution in [0.1, 0.15) is 18.2 Å². The lowest BCUT2D eigenvalue weighted by Gasteiger charge is -2.03. The zero-order valence-electron chi connectivity index (χ0n) is 15.2. The van der Waals surface area contributed by atoms with Crippen LogP contribution in [-0.2, 0) is 0 Å². The molecule has 0 atom stereocenters. The van der Waals surface area contributed by atoms with Crippen molar-refractivity contribution < 1.29 is 9.47 Å². The van der Waals surface area contributed by atoms with E-state index in [4.69, 9.17) is 9.47 Å². The molecule has 3 aromatic rings. The van der Waals surface area contributed by atoms with Crippen molar-refractivity contribution in [2.75, 3.05) is 14.2 Å². The van der Waals surface area contributed by atoms with Crippen molar-refractivity contribution in [3.05, 3.63) is 70.1 Å². The number of hydrogen-bond donors (Lipinski definition) is 1. The fourth-order valence-corrected chi connectivity index (χ4v) is 2.79. The van der Waals surface area contributed by atoms with Crippen molar-refractivity contribution >= 4 is 11.4 Å². The number of aromatic nitrogens is 2. The van der Waals surface area contributed by atoms with Crippen LogP contribution in [0.15, 0.2) is 58.3 Å². The van der Waals surface area contributed by atoms with Gasteiger partial charge in [-0.2, -0.15) is 0 Å². The summed E-state index contributed by atoms with van der Waals surface area (Å²) in [5.41, 5.74) is 3.35. The Balaban J connectivity index is 1.98. The summed E-state index contributed by atoms with van der Waals surface area (Å²) in [6, 6.07) is 14.7. The molecule has 1 aromatic heterocycles. The minimum absolute atomic E-state index is 0.137. The molecular weight excluding hydrogens is 330 g/mol. The molecule has 3 rings (SSSR count). The van der Waals surface area contributed by atoms with Gasteiger partial charge >= 0.3 is 0 Å². The van der Waals surface area contributed by atoms with Crippen LogP contribution in [0.4, 0.5) is 5.69 Å². The molecule has 0 radical (unpaired) electrons. The first kappa shape index (κ1) is 17.5. The van der Waals surface area contributed by atoms with Crippen LogP contribution in [0, 0.1) is 6.92 Å². The molecule has 0 bridgehead atoms. The van der Waals surface area contributed by atoms with Crippen molar-refractivity contribution in [1.82, 2.24) is 9.78 Å². The zero-order chi connectivity index (χ0) is 18.7. The Labute approximate surface area is 151 Å². The second-order valence-corrected chi connectivity index (χ2v) is 5.85. The Bertz CT molecular complexity index is 981. The maximum Gasteiger partial charge on any atom is 0.280 e. The number of aliphatic imine (C=N–C) groups is 1. The Kier molecular flexibility index (Phi) is 4.93. The Hall–Kier alpha value is -3.28. The number of ether oxygens (including phenoxy) is 2. The fraction of sp³-hybridized carbons (Fsp3) is 0.200. The number of H-pyrrole nitrogens is 1. The van der Waals surface area contributed by atoms with Gasteiger partial charge in [-0.25, -0.2) is 4.68 Å². The van der Waals surface area contributed by atoms with Crippen molar-refractivity contribution in [2.24, 2.45) is 4.99 Å². The van der Waals surface area contributed by atoms with Crippen LogP contribution >= 0.6 is 0 Å². The molecule has 6 heteroatoms. The van der Waals surface area contributed by atoms with Gasteiger partial charge in [0.1, 0.15) is 11.5 Å². The molecule has 0 unspecified atom stereocenters. The van der Waals surface area contributed by atoms with Crippen LogP contribution in [-0.4, -0.2) is 29.7 Å². The van der Waals surface area contributed by atoms with E-state index >= 15 is 0 Å². The average Bonchev–Trinajstić information content (AvgIpc) is 2.96. The zero-order valence-corrected chi connectivity index (χ0v) is 15.2. The van der Waals surface area contributed by atoms with E-state index in [-0.39, 0.29) is 5.56 Å². The summed E-state index contributed by atoms with van der Waals surface area (Å²) in [7, 11) is 3.23. The Morgan fingerprint density at radius 2 is 1.50 bits per heavy atom. The second kappa shape index (κ2) is 7.31. The van der Waals surface area contributed by atoms with Gasteiger partial charge in [0.25, 0.3) is 5.56 Å². The molecule has 6 nitrogen and oxygen atoms in total. The van der Waals surface area contributed by atoms with Crippen LogP contribution in [0.2, 0.25) is 0 Å². The SMILES string of the molecule is COc1ccc(N=C(C)c2c(C)[nH]n(-c3ccc(OC)cc3)c2=O)cc1. The minimum atomic E-state index is -0.137. The van der Waals surface area contributed by atoms with E-state index in [0.717, 1.165) is 28.6 Å². The first-order valence-electron chi connectivity index (χ1n) is 8.19. The largest absolute Gasteiger partial charge is 0.497 e. The van der Waals surface area contributed by atoms with E-state index in [9.17, 15) is 4.79 Å². The van der Waals surface area contributed by atoms with Crippen LogP contribution in [0.25, 0.3) is 5.69 Å². The fourth-order valence-electron chi connectivity index (χ4n) is 2.79. The van der Waals surface area contributed by atoms with Crippen LogP contribution in [0.5, 0.6) is 11.5 Å². The molecule has 0 amide bonds. The Morgan fingerprint density at radius 1 is 0.962 bits per heavy atom. The summed E-state index contributed by atoms with van der Waals surface area (Å²) in [5.74, 6) is 1.50. The van der Waals surface area contributed by atoms with Gasteiger partial charge in [-0.1, -0.05) is 0 Å². The third-order valence-electron chi connectivity index (χ3n) is 4.13. The monoisotopic (exact) mass is 351 g/mol. The highest BCUT2D eigenvalue weighted by molar-refractivity contribution is 6.01. The van der Waals surface area contributed by atoms with Gasteiger partial charge in [0.05, 0.1) is 36.9 Å². The lowest BCUT2D eigenvalue weighted by atomic mass is 10.1. The summed E-state index contributed by atoms with van der Waals surface area (Å²) in [6.45, 7) is 3.70. The lowest BCUT2D eigenvalue weighted by molar-refractivity contribution is 0.414. The number of rotatable bonds is 5. The molecule has 0 saturated heterocycles. The summed E-state index contributed by atoms with van der Waals surface area (Å²) >= 11 is 0. The molecule has 1 heterocycles. The highest BCUT2D eigenvalue weighted by atomic mass is 16.5. The average molecular weight is 351 g/mol. The maximum absolute atomic E-state index is 12.9. The van der Waals surface area contributed by atoms with Gasteiger partial charge in [0, 0.05) is 5.69 Å². The lowest BCUT2D eigenvalue weighted by Crippen LogP contribution is -2.19. The number of benzene rings is 2. The standard InChI is InChI=1S/C20H21N3O3/c1-13(21-15-5-9-17(25-3)10-6-15)19-14(2)22-23(20(19)24)16-7-11-18(26-4)12-8-16/h5-12,22H,1-4H3. The van der Waals surface area contributed by atoms with Gasteiger partial charge < -0.3 is 9.47 Å².